The second kappa shape index (κ2) is 7.50. The van der Waals surface area contributed by atoms with Crippen molar-refractivity contribution in [2.24, 2.45) is 0 Å². The van der Waals surface area contributed by atoms with Crippen LogP contribution >= 0.6 is 0 Å². The fraction of sp³-hybridized carbons (Fsp3) is 0.312. The first-order valence-electron chi connectivity index (χ1n) is 7.58. The van der Waals surface area contributed by atoms with E-state index in [2.05, 4.69) is 15.3 Å². The van der Waals surface area contributed by atoms with E-state index in [4.69, 9.17) is 0 Å². The number of carbonyl (C=O) groups is 1. The molecule has 7 nitrogen and oxygen atoms in total. The van der Waals surface area contributed by atoms with Gasteiger partial charge < -0.3 is 5.32 Å². The molecule has 0 spiro atoms. The molecule has 1 amide bonds. The number of hydrogen-bond acceptors (Lipinski definition) is 5. The average Bonchev–Trinajstić information content (AvgIpc) is 2.56. The largest absolute Gasteiger partial charge is 0.321 e. The molecule has 0 unspecified atom stereocenters. The summed E-state index contributed by atoms with van der Waals surface area (Å²) in [7, 11) is -3.51. The second-order valence-corrected chi connectivity index (χ2v) is 7.05. The zero-order valence-corrected chi connectivity index (χ0v) is 14.7. The van der Waals surface area contributed by atoms with Crippen LogP contribution in [0.4, 0.5) is 5.69 Å². The molecule has 0 saturated carbocycles. The zero-order chi connectivity index (χ0) is 17.7. The maximum absolute atomic E-state index is 12.4. The Labute approximate surface area is 141 Å². The number of rotatable bonds is 6. The molecule has 0 saturated heterocycles. The molecule has 0 atom stereocenters. The van der Waals surface area contributed by atoms with Crippen molar-refractivity contribution in [1.82, 2.24) is 14.3 Å². The van der Waals surface area contributed by atoms with Crippen LogP contribution < -0.4 is 5.32 Å². The van der Waals surface area contributed by atoms with Gasteiger partial charge in [0.25, 0.3) is 5.91 Å². The van der Waals surface area contributed by atoms with Gasteiger partial charge in [0.1, 0.15) is 5.69 Å². The fourth-order valence-corrected chi connectivity index (χ4v) is 3.59. The van der Waals surface area contributed by atoms with Crippen molar-refractivity contribution < 1.29 is 13.2 Å². The maximum Gasteiger partial charge on any atom is 0.275 e. The smallest absolute Gasteiger partial charge is 0.275 e. The highest BCUT2D eigenvalue weighted by Crippen LogP contribution is 2.18. The predicted octanol–water partition coefficient (Wildman–Crippen LogP) is 2.07. The standard InChI is InChI=1S/C16H20N4O3S/c1-4-20(5-2)24(22,23)14-8-6-13(7-9-14)19-16(21)15-11-17-12(3)10-18-15/h6-11H,4-5H2,1-3H3,(H,19,21). The van der Waals surface area contributed by atoms with Crippen molar-refractivity contribution in [3.8, 4) is 0 Å². The third-order valence-corrected chi connectivity index (χ3v) is 5.53. The lowest BCUT2D eigenvalue weighted by Gasteiger charge is -2.18. The fourth-order valence-electron chi connectivity index (χ4n) is 2.13. The van der Waals surface area contributed by atoms with E-state index in [1.54, 1.807) is 32.9 Å². The van der Waals surface area contributed by atoms with E-state index in [0.29, 0.717) is 18.8 Å². The molecule has 8 heteroatoms. The van der Waals surface area contributed by atoms with Crippen LogP contribution in [-0.4, -0.2) is 41.7 Å². The number of nitrogens with one attached hydrogen (secondary N) is 1. The van der Waals surface area contributed by atoms with Gasteiger partial charge >= 0.3 is 0 Å². The normalized spacial score (nSPS) is 11.5. The minimum atomic E-state index is -3.51. The van der Waals surface area contributed by atoms with Gasteiger partial charge in [-0.2, -0.15) is 4.31 Å². The molecule has 0 radical (unpaired) electrons. The van der Waals surface area contributed by atoms with Gasteiger partial charge in [-0.3, -0.25) is 9.78 Å². The van der Waals surface area contributed by atoms with Gasteiger partial charge in [0.2, 0.25) is 10.0 Å². The van der Waals surface area contributed by atoms with Gasteiger partial charge in [-0.25, -0.2) is 13.4 Å². The molecule has 0 bridgehead atoms. The first kappa shape index (κ1) is 18.0. The summed E-state index contributed by atoms with van der Waals surface area (Å²) >= 11 is 0. The van der Waals surface area contributed by atoms with Crippen LogP contribution in [0.15, 0.2) is 41.6 Å². The predicted molar refractivity (Wildman–Crippen MR) is 91.3 cm³/mol. The van der Waals surface area contributed by atoms with Gasteiger partial charge in [-0.15, -0.1) is 0 Å². The zero-order valence-electron chi connectivity index (χ0n) is 13.9. The molecule has 2 aromatic rings. The number of aromatic nitrogens is 2. The second-order valence-electron chi connectivity index (χ2n) is 5.11. The van der Waals surface area contributed by atoms with Gasteiger partial charge in [-0.05, 0) is 31.2 Å². The number of benzene rings is 1. The molecular weight excluding hydrogens is 328 g/mol. The summed E-state index contributed by atoms with van der Waals surface area (Å²) in [4.78, 5) is 20.3. The highest BCUT2D eigenvalue weighted by atomic mass is 32.2. The van der Waals surface area contributed by atoms with E-state index in [1.807, 2.05) is 0 Å². The third kappa shape index (κ3) is 3.95. The summed E-state index contributed by atoms with van der Waals surface area (Å²) in [5.74, 6) is -0.401. The summed E-state index contributed by atoms with van der Waals surface area (Å²) in [6.07, 6.45) is 2.90. The topological polar surface area (TPSA) is 92.3 Å². The Bertz CT molecular complexity index is 798. The van der Waals surface area contributed by atoms with Crippen molar-refractivity contribution in [2.45, 2.75) is 25.7 Å². The van der Waals surface area contributed by atoms with Gasteiger partial charge in [-0.1, -0.05) is 13.8 Å². The van der Waals surface area contributed by atoms with Gasteiger partial charge in [0, 0.05) is 25.0 Å². The number of nitrogens with zero attached hydrogens (tertiary/aromatic N) is 3. The van der Waals surface area contributed by atoms with Crippen molar-refractivity contribution in [3.05, 3.63) is 48.0 Å². The van der Waals surface area contributed by atoms with E-state index in [9.17, 15) is 13.2 Å². The average molecular weight is 348 g/mol. The quantitative estimate of drug-likeness (QED) is 0.863. The molecule has 0 aliphatic carbocycles. The van der Waals surface area contributed by atoms with Gasteiger partial charge in [0.15, 0.2) is 0 Å². The third-order valence-electron chi connectivity index (χ3n) is 3.47. The number of aryl methyl sites for hydroxylation is 1. The molecule has 0 aliphatic rings. The molecule has 0 aliphatic heterocycles. The van der Waals surface area contributed by atoms with E-state index in [1.165, 1.54) is 28.8 Å². The Morgan fingerprint density at radius 3 is 2.21 bits per heavy atom. The molecule has 24 heavy (non-hydrogen) atoms. The van der Waals surface area contributed by atoms with Crippen molar-refractivity contribution >= 4 is 21.6 Å². The number of amides is 1. The minimum Gasteiger partial charge on any atom is -0.321 e. The Morgan fingerprint density at radius 1 is 1.08 bits per heavy atom. The summed E-state index contributed by atoms with van der Waals surface area (Å²) in [6.45, 7) is 6.17. The first-order valence-corrected chi connectivity index (χ1v) is 9.02. The monoisotopic (exact) mass is 348 g/mol. The van der Waals surface area contributed by atoms with E-state index < -0.39 is 15.9 Å². The lowest BCUT2D eigenvalue weighted by atomic mass is 10.3. The molecule has 1 aromatic heterocycles. The van der Waals surface area contributed by atoms with Crippen LogP contribution in [-0.2, 0) is 10.0 Å². The molecule has 1 aromatic carbocycles. The lowest BCUT2D eigenvalue weighted by Crippen LogP contribution is -2.30. The Morgan fingerprint density at radius 2 is 1.71 bits per heavy atom. The molecule has 0 fully saturated rings. The van der Waals surface area contributed by atoms with Crippen LogP contribution in [0.2, 0.25) is 0 Å². The van der Waals surface area contributed by atoms with Crippen LogP contribution in [0.3, 0.4) is 0 Å². The number of carbonyl (C=O) groups excluding carboxylic acids is 1. The number of anilines is 1. The maximum atomic E-state index is 12.4. The van der Waals surface area contributed by atoms with Crippen molar-refractivity contribution in [1.29, 1.82) is 0 Å². The van der Waals surface area contributed by atoms with Crippen LogP contribution in [0.25, 0.3) is 0 Å². The van der Waals surface area contributed by atoms with E-state index in [0.717, 1.165) is 5.69 Å². The Balaban J connectivity index is 2.15. The number of sulfonamides is 1. The van der Waals surface area contributed by atoms with Crippen LogP contribution in [0, 0.1) is 6.92 Å². The minimum absolute atomic E-state index is 0.194. The van der Waals surface area contributed by atoms with E-state index >= 15 is 0 Å². The molecule has 128 valence electrons. The van der Waals surface area contributed by atoms with Crippen molar-refractivity contribution in [2.75, 3.05) is 18.4 Å². The summed E-state index contributed by atoms with van der Waals surface area (Å²) in [5.41, 5.74) is 1.40. The molecule has 1 heterocycles. The highest BCUT2D eigenvalue weighted by molar-refractivity contribution is 7.89. The molecule has 1 N–H and O–H groups in total. The van der Waals surface area contributed by atoms with Crippen LogP contribution in [0.5, 0.6) is 0 Å². The van der Waals surface area contributed by atoms with Gasteiger partial charge in [0.05, 0.1) is 16.8 Å². The summed E-state index contributed by atoms with van der Waals surface area (Å²) < 4.78 is 26.2. The molecular formula is C16H20N4O3S. The van der Waals surface area contributed by atoms with E-state index in [-0.39, 0.29) is 10.6 Å². The Kier molecular flexibility index (Phi) is 5.63. The summed E-state index contributed by atoms with van der Waals surface area (Å²) in [5, 5.41) is 2.66. The SMILES string of the molecule is CCN(CC)S(=O)(=O)c1ccc(NC(=O)c2cnc(C)cn2)cc1. The van der Waals surface area contributed by atoms with Crippen molar-refractivity contribution in [3.63, 3.8) is 0 Å². The Hall–Kier alpha value is -2.32. The first-order chi connectivity index (χ1) is 11.4. The summed E-state index contributed by atoms with van der Waals surface area (Å²) in [6, 6.07) is 6.06. The van der Waals surface area contributed by atoms with Crippen LogP contribution in [0.1, 0.15) is 30.0 Å². The lowest BCUT2D eigenvalue weighted by molar-refractivity contribution is 0.102. The molecule has 2 rings (SSSR count). The highest BCUT2D eigenvalue weighted by Gasteiger charge is 2.21. The number of hydrogen-bond donors (Lipinski definition) is 1.